The Morgan fingerprint density at radius 1 is 1.19 bits per heavy atom. The van der Waals surface area contributed by atoms with Crippen LogP contribution < -0.4 is 11.1 Å². The fourth-order valence-corrected chi connectivity index (χ4v) is 2.08. The Bertz CT molecular complexity index is 684. The molecule has 21 heavy (non-hydrogen) atoms. The first kappa shape index (κ1) is 14.8. The summed E-state index contributed by atoms with van der Waals surface area (Å²) in [4.78, 5) is 23.2. The lowest BCUT2D eigenvalue weighted by Crippen LogP contribution is -2.41. The van der Waals surface area contributed by atoms with Crippen molar-refractivity contribution in [3.8, 4) is 0 Å². The molecule has 0 aliphatic heterocycles. The third-order valence-electron chi connectivity index (χ3n) is 3.18. The molecule has 0 unspecified atom stereocenters. The van der Waals surface area contributed by atoms with Gasteiger partial charge >= 0.3 is 5.97 Å². The maximum Gasteiger partial charge on any atom is 0.326 e. The highest BCUT2D eigenvalue weighted by Gasteiger charge is 2.21. The maximum atomic E-state index is 12.2. The second kappa shape index (κ2) is 6.23. The monoisotopic (exact) mass is 288 g/mol. The van der Waals surface area contributed by atoms with Gasteiger partial charge in [-0.25, -0.2) is 4.79 Å². The number of carbonyl (C=O) groups excluding carboxylic acids is 1. The van der Waals surface area contributed by atoms with E-state index in [1.165, 1.54) is 0 Å². The lowest BCUT2D eigenvalue weighted by molar-refractivity contribution is -0.139. The molecule has 0 radical (unpaired) electrons. The predicted octanol–water partition coefficient (Wildman–Crippen LogP) is 0.987. The van der Waals surface area contributed by atoms with Crippen molar-refractivity contribution < 1.29 is 19.8 Å². The van der Waals surface area contributed by atoms with Crippen molar-refractivity contribution in [2.75, 3.05) is 12.3 Å². The molecule has 1 amide bonds. The highest BCUT2D eigenvalue weighted by molar-refractivity contribution is 6.05. The normalized spacial score (nSPS) is 12.0. The number of amides is 1. The summed E-state index contributed by atoms with van der Waals surface area (Å²) < 4.78 is 0. The van der Waals surface area contributed by atoms with E-state index in [1.807, 2.05) is 24.3 Å². The van der Waals surface area contributed by atoms with Crippen LogP contribution in [-0.2, 0) is 4.79 Å². The van der Waals surface area contributed by atoms with Crippen LogP contribution in [0.4, 0.5) is 5.69 Å². The van der Waals surface area contributed by atoms with Crippen LogP contribution >= 0.6 is 0 Å². The van der Waals surface area contributed by atoms with Gasteiger partial charge in [-0.15, -0.1) is 0 Å². The van der Waals surface area contributed by atoms with E-state index in [2.05, 4.69) is 5.32 Å². The van der Waals surface area contributed by atoms with Crippen molar-refractivity contribution >= 4 is 28.3 Å². The second-order valence-electron chi connectivity index (χ2n) is 4.66. The number of carboxylic acids is 1. The summed E-state index contributed by atoms with van der Waals surface area (Å²) in [5.41, 5.74) is 6.35. The number of aliphatic carboxylic acids is 1. The van der Waals surface area contributed by atoms with Crippen LogP contribution in [0.25, 0.3) is 10.8 Å². The maximum absolute atomic E-state index is 12.2. The Morgan fingerprint density at radius 2 is 1.81 bits per heavy atom. The molecule has 1 atom stereocenters. The van der Waals surface area contributed by atoms with Crippen LogP contribution in [0.2, 0.25) is 0 Å². The van der Waals surface area contributed by atoms with Crippen LogP contribution in [0, 0.1) is 0 Å². The standard InChI is InChI=1S/C15H16N2O4/c16-12-8-10-4-2-1-3-9(10)7-11(12)14(19)17-13(5-6-18)15(20)21/h1-4,7-8,13,18H,5-6,16H2,(H,17,19)(H,20,21)/t13-/m0/s1. The van der Waals surface area contributed by atoms with Gasteiger partial charge in [-0.1, -0.05) is 24.3 Å². The lowest BCUT2D eigenvalue weighted by Gasteiger charge is -2.14. The van der Waals surface area contributed by atoms with Gasteiger partial charge in [0.05, 0.1) is 5.56 Å². The van der Waals surface area contributed by atoms with E-state index in [1.54, 1.807) is 12.1 Å². The van der Waals surface area contributed by atoms with Gasteiger partial charge in [0.2, 0.25) is 0 Å². The van der Waals surface area contributed by atoms with Gasteiger partial charge in [0, 0.05) is 18.7 Å². The van der Waals surface area contributed by atoms with Crippen molar-refractivity contribution in [3.63, 3.8) is 0 Å². The molecular weight excluding hydrogens is 272 g/mol. The largest absolute Gasteiger partial charge is 0.480 e. The van der Waals surface area contributed by atoms with Gasteiger partial charge in [-0.3, -0.25) is 4.79 Å². The van der Waals surface area contributed by atoms with Crippen molar-refractivity contribution in [2.45, 2.75) is 12.5 Å². The summed E-state index contributed by atoms with van der Waals surface area (Å²) in [5, 5.41) is 21.9. The first-order chi connectivity index (χ1) is 10.0. The number of carboxylic acid groups (broad SMARTS) is 1. The number of nitrogen functional groups attached to an aromatic ring is 1. The number of rotatable bonds is 5. The molecule has 0 aliphatic rings. The number of aliphatic hydroxyl groups excluding tert-OH is 1. The van der Waals surface area contributed by atoms with Crippen LogP contribution in [0.1, 0.15) is 16.8 Å². The molecule has 0 spiro atoms. The summed E-state index contributed by atoms with van der Waals surface area (Å²) in [6.07, 6.45) is -0.0610. The first-order valence-electron chi connectivity index (χ1n) is 6.45. The van der Waals surface area contributed by atoms with Crippen LogP contribution in [0.3, 0.4) is 0 Å². The fourth-order valence-electron chi connectivity index (χ4n) is 2.08. The molecule has 5 N–H and O–H groups in total. The molecule has 0 fully saturated rings. The van der Waals surface area contributed by atoms with Gasteiger partial charge in [-0.05, 0) is 22.9 Å². The van der Waals surface area contributed by atoms with Crippen molar-refractivity contribution in [3.05, 3.63) is 42.0 Å². The predicted molar refractivity (Wildman–Crippen MR) is 79.0 cm³/mol. The summed E-state index contributed by atoms with van der Waals surface area (Å²) in [6, 6.07) is 9.57. The number of benzene rings is 2. The number of carbonyl (C=O) groups is 2. The molecule has 2 rings (SSSR count). The van der Waals surface area contributed by atoms with E-state index < -0.39 is 17.9 Å². The van der Waals surface area contributed by atoms with Gasteiger partial charge in [0.25, 0.3) is 5.91 Å². The van der Waals surface area contributed by atoms with Crippen molar-refractivity contribution in [1.29, 1.82) is 0 Å². The molecule has 0 heterocycles. The average molecular weight is 288 g/mol. The number of fused-ring (bicyclic) bond motifs is 1. The Labute approximate surface area is 121 Å². The van der Waals surface area contributed by atoms with Crippen molar-refractivity contribution in [2.24, 2.45) is 0 Å². The summed E-state index contributed by atoms with van der Waals surface area (Å²) in [7, 11) is 0. The van der Waals surface area contributed by atoms with E-state index in [-0.39, 0.29) is 24.3 Å². The van der Waals surface area contributed by atoms with Gasteiger partial charge in [-0.2, -0.15) is 0 Å². The minimum absolute atomic E-state index is 0.0610. The number of anilines is 1. The molecule has 0 saturated carbocycles. The smallest absolute Gasteiger partial charge is 0.326 e. The topological polar surface area (TPSA) is 113 Å². The van der Waals surface area contributed by atoms with E-state index in [0.29, 0.717) is 0 Å². The molecular formula is C15H16N2O4. The van der Waals surface area contributed by atoms with Crippen LogP contribution in [0.15, 0.2) is 36.4 Å². The van der Waals surface area contributed by atoms with Crippen molar-refractivity contribution in [1.82, 2.24) is 5.32 Å². The van der Waals surface area contributed by atoms with E-state index in [0.717, 1.165) is 10.8 Å². The van der Waals surface area contributed by atoms with E-state index in [9.17, 15) is 9.59 Å². The Morgan fingerprint density at radius 3 is 2.38 bits per heavy atom. The molecule has 6 nitrogen and oxygen atoms in total. The fraction of sp³-hybridized carbons (Fsp3) is 0.200. The Hall–Kier alpha value is -2.60. The zero-order chi connectivity index (χ0) is 15.4. The molecule has 0 aromatic heterocycles. The van der Waals surface area contributed by atoms with E-state index >= 15 is 0 Å². The Kier molecular flexibility index (Phi) is 4.39. The minimum atomic E-state index is -1.20. The first-order valence-corrected chi connectivity index (χ1v) is 6.45. The van der Waals surface area contributed by atoms with Gasteiger partial charge < -0.3 is 21.3 Å². The molecule has 110 valence electrons. The number of hydrogen-bond donors (Lipinski definition) is 4. The summed E-state index contributed by atoms with van der Waals surface area (Å²) in [5.74, 6) is -1.77. The quantitative estimate of drug-likeness (QED) is 0.613. The molecule has 0 saturated heterocycles. The SMILES string of the molecule is Nc1cc2ccccc2cc1C(=O)N[C@@H](CCO)C(=O)O. The zero-order valence-corrected chi connectivity index (χ0v) is 11.2. The highest BCUT2D eigenvalue weighted by atomic mass is 16.4. The minimum Gasteiger partial charge on any atom is -0.480 e. The van der Waals surface area contributed by atoms with Crippen LogP contribution in [0.5, 0.6) is 0 Å². The number of nitrogens with two attached hydrogens (primary N) is 1. The molecule has 0 bridgehead atoms. The number of aliphatic hydroxyl groups is 1. The van der Waals surface area contributed by atoms with Gasteiger partial charge in [0.1, 0.15) is 6.04 Å². The highest BCUT2D eigenvalue weighted by Crippen LogP contribution is 2.22. The third kappa shape index (κ3) is 3.29. The Balaban J connectivity index is 2.30. The van der Waals surface area contributed by atoms with Crippen LogP contribution in [-0.4, -0.2) is 34.7 Å². The third-order valence-corrected chi connectivity index (χ3v) is 3.18. The molecule has 6 heteroatoms. The molecule has 2 aromatic carbocycles. The number of nitrogens with one attached hydrogen (secondary N) is 1. The zero-order valence-electron chi connectivity index (χ0n) is 11.2. The molecule has 0 aliphatic carbocycles. The average Bonchev–Trinajstić information content (AvgIpc) is 2.45. The number of hydrogen-bond acceptors (Lipinski definition) is 4. The lowest BCUT2D eigenvalue weighted by atomic mass is 10.0. The van der Waals surface area contributed by atoms with Gasteiger partial charge in [0.15, 0.2) is 0 Å². The summed E-state index contributed by atoms with van der Waals surface area (Å²) >= 11 is 0. The van der Waals surface area contributed by atoms with E-state index in [4.69, 9.17) is 15.9 Å². The second-order valence-corrected chi connectivity index (χ2v) is 4.66. The summed E-state index contributed by atoms with van der Waals surface area (Å²) in [6.45, 7) is -0.329. The molecule has 2 aromatic rings.